The van der Waals surface area contributed by atoms with Gasteiger partial charge in [-0.15, -0.1) is 11.3 Å². The number of hydrogen-bond donors (Lipinski definition) is 1. The number of anilines is 1. The van der Waals surface area contributed by atoms with E-state index in [2.05, 4.69) is 17.1 Å². The highest BCUT2D eigenvalue weighted by Gasteiger charge is 2.19. The Morgan fingerprint density at radius 2 is 2.13 bits per heavy atom. The number of hydrogen-bond acceptors (Lipinski definition) is 5. The minimum Gasteiger partial charge on any atom is -0.493 e. The smallest absolute Gasteiger partial charge is 0.129 e. The van der Waals surface area contributed by atoms with Gasteiger partial charge in [0.05, 0.1) is 18.2 Å². The molecule has 0 saturated carbocycles. The van der Waals surface area contributed by atoms with Crippen molar-refractivity contribution in [2.24, 2.45) is 0 Å². The molecular formula is C18H13N3OS. The maximum absolute atomic E-state index is 9.06. The van der Waals surface area contributed by atoms with Crippen molar-refractivity contribution in [3.8, 4) is 32.7 Å². The molecule has 2 aromatic heterocycles. The zero-order valence-corrected chi connectivity index (χ0v) is 13.1. The second kappa shape index (κ2) is 5.41. The maximum atomic E-state index is 9.06. The summed E-state index contributed by atoms with van der Waals surface area (Å²) in [7, 11) is 0. The van der Waals surface area contributed by atoms with Gasteiger partial charge in [-0.25, -0.2) is 4.98 Å². The van der Waals surface area contributed by atoms with Crippen molar-refractivity contribution in [3.63, 3.8) is 0 Å². The first-order chi connectivity index (χ1) is 11.2. The Bertz CT molecular complexity index is 940. The molecule has 5 heteroatoms. The van der Waals surface area contributed by atoms with E-state index in [1.54, 1.807) is 17.5 Å². The zero-order valence-electron chi connectivity index (χ0n) is 12.2. The first kappa shape index (κ1) is 13.8. The molecule has 0 radical (unpaired) electrons. The molecule has 0 aliphatic carbocycles. The lowest BCUT2D eigenvalue weighted by Gasteiger charge is -2.07. The lowest BCUT2D eigenvalue weighted by atomic mass is 10.1. The van der Waals surface area contributed by atoms with Crippen molar-refractivity contribution >= 4 is 17.2 Å². The Balaban J connectivity index is 1.86. The van der Waals surface area contributed by atoms with Gasteiger partial charge in [-0.2, -0.15) is 5.26 Å². The number of nitrogen functional groups attached to an aromatic ring is 1. The summed E-state index contributed by atoms with van der Waals surface area (Å²) >= 11 is 1.72. The van der Waals surface area contributed by atoms with Crippen LogP contribution in [0.2, 0.25) is 0 Å². The number of aromatic nitrogens is 1. The minimum absolute atomic E-state index is 0.522. The molecule has 0 spiro atoms. The lowest BCUT2D eigenvalue weighted by Crippen LogP contribution is -1.98. The summed E-state index contributed by atoms with van der Waals surface area (Å²) in [6, 6.07) is 13.8. The van der Waals surface area contributed by atoms with Crippen LogP contribution in [0.1, 0.15) is 11.1 Å². The number of nitrogens with zero attached hydrogens (tertiary/aromatic N) is 2. The summed E-state index contributed by atoms with van der Waals surface area (Å²) in [5.74, 6) is 1.30. The predicted octanol–water partition coefficient (Wildman–Crippen LogP) is 3.87. The van der Waals surface area contributed by atoms with E-state index in [9.17, 15) is 0 Å². The first-order valence-corrected chi connectivity index (χ1v) is 8.08. The normalized spacial score (nSPS) is 12.5. The van der Waals surface area contributed by atoms with Crippen LogP contribution in [0.4, 0.5) is 5.82 Å². The monoisotopic (exact) mass is 319 g/mol. The molecule has 112 valence electrons. The third-order valence-electron chi connectivity index (χ3n) is 3.86. The lowest BCUT2D eigenvalue weighted by molar-refractivity contribution is 0.326. The maximum Gasteiger partial charge on any atom is 0.129 e. The molecule has 0 amide bonds. The van der Waals surface area contributed by atoms with E-state index in [0.717, 1.165) is 23.3 Å². The average Bonchev–Trinajstić information content (AvgIpc) is 2.91. The summed E-state index contributed by atoms with van der Waals surface area (Å²) < 4.78 is 5.82. The molecule has 0 unspecified atom stereocenters. The van der Waals surface area contributed by atoms with E-state index < -0.39 is 0 Å². The summed E-state index contributed by atoms with van der Waals surface area (Å²) in [6.45, 7) is 0.615. The van der Waals surface area contributed by atoms with Crippen LogP contribution in [0.5, 0.6) is 5.75 Å². The molecule has 23 heavy (non-hydrogen) atoms. The minimum atomic E-state index is 0.522. The molecule has 0 saturated heterocycles. The largest absolute Gasteiger partial charge is 0.493 e. The van der Waals surface area contributed by atoms with E-state index in [4.69, 9.17) is 15.7 Å². The van der Waals surface area contributed by atoms with Gasteiger partial charge < -0.3 is 10.5 Å². The van der Waals surface area contributed by atoms with Crippen LogP contribution in [0.15, 0.2) is 42.6 Å². The van der Waals surface area contributed by atoms with Crippen molar-refractivity contribution < 1.29 is 4.74 Å². The molecule has 1 aliphatic rings. The Morgan fingerprint density at radius 3 is 2.96 bits per heavy atom. The quantitative estimate of drug-likeness (QED) is 0.739. The third-order valence-corrected chi connectivity index (χ3v) is 5.12. The molecule has 1 aromatic carbocycles. The molecule has 3 aromatic rings. The van der Waals surface area contributed by atoms with Crippen molar-refractivity contribution in [2.45, 2.75) is 6.42 Å². The number of nitrogens with two attached hydrogens (primary N) is 1. The fourth-order valence-electron chi connectivity index (χ4n) is 2.76. The van der Waals surface area contributed by atoms with Crippen molar-refractivity contribution in [1.29, 1.82) is 5.26 Å². The highest BCUT2D eigenvalue weighted by Crippen LogP contribution is 2.44. The van der Waals surface area contributed by atoms with E-state index >= 15 is 0 Å². The molecule has 0 atom stereocenters. The summed E-state index contributed by atoms with van der Waals surface area (Å²) in [5, 5.41) is 9.06. The molecule has 0 fully saturated rings. The van der Waals surface area contributed by atoms with Gasteiger partial charge in [0.1, 0.15) is 11.6 Å². The van der Waals surface area contributed by atoms with E-state index in [1.165, 1.54) is 15.3 Å². The molecule has 4 nitrogen and oxygen atoms in total. The van der Waals surface area contributed by atoms with Crippen molar-refractivity contribution in [2.75, 3.05) is 12.3 Å². The Morgan fingerprint density at radius 1 is 1.22 bits per heavy atom. The van der Waals surface area contributed by atoms with Gasteiger partial charge in [-0.1, -0.05) is 0 Å². The van der Waals surface area contributed by atoms with Gasteiger partial charge in [0.2, 0.25) is 0 Å². The van der Waals surface area contributed by atoms with Crippen molar-refractivity contribution in [1.82, 2.24) is 4.98 Å². The fraction of sp³-hybridized carbons (Fsp3) is 0.111. The first-order valence-electron chi connectivity index (χ1n) is 7.26. The SMILES string of the molecule is N#Cc1ccc2c(c1)OCCc1cc(-c3ccnc(N)c3)sc1-2. The summed E-state index contributed by atoms with van der Waals surface area (Å²) in [6.07, 6.45) is 2.58. The Kier molecular flexibility index (Phi) is 3.25. The number of benzene rings is 1. The van der Waals surface area contributed by atoms with Crippen LogP contribution in [-0.4, -0.2) is 11.6 Å². The van der Waals surface area contributed by atoms with E-state index in [-0.39, 0.29) is 0 Å². The number of nitriles is 1. The molecule has 1 aliphatic heterocycles. The van der Waals surface area contributed by atoms with Crippen LogP contribution < -0.4 is 10.5 Å². The van der Waals surface area contributed by atoms with Crippen LogP contribution >= 0.6 is 11.3 Å². The van der Waals surface area contributed by atoms with Gasteiger partial charge >= 0.3 is 0 Å². The topological polar surface area (TPSA) is 71.9 Å². The Labute approximate surface area is 137 Å². The van der Waals surface area contributed by atoms with Gasteiger partial charge in [-0.05, 0) is 47.5 Å². The number of fused-ring (bicyclic) bond motifs is 3. The van der Waals surface area contributed by atoms with Crippen LogP contribution in [-0.2, 0) is 6.42 Å². The number of pyridine rings is 1. The van der Waals surface area contributed by atoms with Gasteiger partial charge in [0.15, 0.2) is 0 Å². The van der Waals surface area contributed by atoms with Gasteiger partial charge in [0.25, 0.3) is 0 Å². The second-order valence-electron chi connectivity index (χ2n) is 5.36. The fourth-order valence-corrected chi connectivity index (χ4v) is 3.99. The second-order valence-corrected chi connectivity index (χ2v) is 6.41. The molecule has 0 bridgehead atoms. The Hall–Kier alpha value is -2.84. The summed E-state index contributed by atoms with van der Waals surface area (Å²) in [4.78, 5) is 6.42. The van der Waals surface area contributed by atoms with Crippen LogP contribution in [0.3, 0.4) is 0 Å². The molecule has 4 rings (SSSR count). The van der Waals surface area contributed by atoms with E-state index in [1.807, 2.05) is 30.3 Å². The average molecular weight is 319 g/mol. The number of rotatable bonds is 1. The van der Waals surface area contributed by atoms with Crippen LogP contribution in [0, 0.1) is 11.3 Å². The molecule has 3 heterocycles. The molecular weight excluding hydrogens is 306 g/mol. The standard InChI is InChI=1S/C18H13N3OS/c19-10-11-1-2-14-15(7-11)22-6-4-13-8-16(23-18(13)14)12-3-5-21-17(20)9-12/h1-3,5,7-9H,4,6H2,(H2,20,21). The van der Waals surface area contributed by atoms with Gasteiger partial charge in [0, 0.05) is 27.9 Å². The van der Waals surface area contributed by atoms with Crippen LogP contribution in [0.25, 0.3) is 20.9 Å². The summed E-state index contributed by atoms with van der Waals surface area (Å²) in [5.41, 5.74) is 9.80. The third kappa shape index (κ3) is 2.43. The molecule has 2 N–H and O–H groups in total. The number of thiophene rings is 1. The highest BCUT2D eigenvalue weighted by molar-refractivity contribution is 7.19. The highest BCUT2D eigenvalue weighted by atomic mass is 32.1. The zero-order chi connectivity index (χ0) is 15.8. The number of ether oxygens (including phenoxy) is 1. The van der Waals surface area contributed by atoms with Gasteiger partial charge in [-0.3, -0.25) is 0 Å². The van der Waals surface area contributed by atoms with Crippen molar-refractivity contribution in [3.05, 3.63) is 53.7 Å². The predicted molar refractivity (Wildman–Crippen MR) is 91.3 cm³/mol. The van der Waals surface area contributed by atoms with E-state index in [0.29, 0.717) is 18.0 Å².